The summed E-state index contributed by atoms with van der Waals surface area (Å²) in [6.45, 7) is 3.01. The van der Waals surface area contributed by atoms with Crippen molar-refractivity contribution in [2.24, 2.45) is 10.9 Å². The third-order valence-electron chi connectivity index (χ3n) is 5.19. The molecule has 30 heavy (non-hydrogen) atoms. The number of hydrogen-bond donors (Lipinski definition) is 2. The Hall–Kier alpha value is -3.28. The zero-order valence-electron chi connectivity index (χ0n) is 17.4. The van der Waals surface area contributed by atoms with Gasteiger partial charge < -0.3 is 19.9 Å². The highest BCUT2D eigenvalue weighted by Gasteiger charge is 2.22. The lowest BCUT2D eigenvalue weighted by atomic mass is 10.1. The first-order chi connectivity index (χ1) is 14.8. The molecule has 0 aliphatic heterocycles. The second kappa shape index (κ2) is 9.96. The van der Waals surface area contributed by atoms with Crippen molar-refractivity contribution < 1.29 is 4.74 Å². The van der Waals surface area contributed by atoms with E-state index in [-0.39, 0.29) is 0 Å². The van der Waals surface area contributed by atoms with E-state index >= 15 is 0 Å². The van der Waals surface area contributed by atoms with Crippen molar-refractivity contribution in [1.29, 1.82) is 0 Å². The fourth-order valence-corrected chi connectivity index (χ4v) is 3.30. The van der Waals surface area contributed by atoms with Crippen LogP contribution in [0.1, 0.15) is 29.5 Å². The number of aliphatic imine (C=N–C) groups is 1. The Labute approximate surface area is 178 Å². The van der Waals surface area contributed by atoms with E-state index < -0.39 is 0 Å². The predicted octanol–water partition coefficient (Wildman–Crippen LogP) is 3.59. The number of imidazole rings is 1. The maximum Gasteiger partial charge on any atom is 0.191 e. The number of aromatic nitrogens is 2. The summed E-state index contributed by atoms with van der Waals surface area (Å²) in [5.41, 5.74) is 3.60. The molecule has 0 radical (unpaired) electrons. The van der Waals surface area contributed by atoms with Crippen molar-refractivity contribution in [3.8, 4) is 5.75 Å². The summed E-state index contributed by atoms with van der Waals surface area (Å²) in [4.78, 5) is 8.46. The van der Waals surface area contributed by atoms with Crippen LogP contribution in [0.15, 0.2) is 72.2 Å². The van der Waals surface area contributed by atoms with Gasteiger partial charge >= 0.3 is 0 Å². The number of rotatable bonds is 9. The molecule has 4 rings (SSSR count). The smallest absolute Gasteiger partial charge is 0.191 e. The van der Waals surface area contributed by atoms with Crippen LogP contribution in [-0.2, 0) is 19.6 Å². The molecule has 6 nitrogen and oxygen atoms in total. The Morgan fingerprint density at radius 2 is 1.93 bits per heavy atom. The van der Waals surface area contributed by atoms with E-state index in [0.717, 1.165) is 36.3 Å². The number of hydrogen-bond acceptors (Lipinski definition) is 3. The lowest BCUT2D eigenvalue weighted by molar-refractivity contribution is 0.296. The fourth-order valence-electron chi connectivity index (χ4n) is 3.30. The first kappa shape index (κ1) is 20.0. The van der Waals surface area contributed by atoms with E-state index in [1.54, 1.807) is 13.2 Å². The minimum atomic E-state index is 0.668. The van der Waals surface area contributed by atoms with Crippen LogP contribution in [0.5, 0.6) is 5.75 Å². The van der Waals surface area contributed by atoms with Gasteiger partial charge in [-0.2, -0.15) is 0 Å². The second-order valence-electron chi connectivity index (χ2n) is 7.70. The molecule has 2 aromatic carbocycles. The molecule has 1 aliphatic rings. The van der Waals surface area contributed by atoms with E-state index in [1.165, 1.54) is 24.0 Å². The molecule has 1 heterocycles. The Bertz CT molecular complexity index is 963. The molecule has 1 fully saturated rings. The molecule has 0 saturated heterocycles. The van der Waals surface area contributed by atoms with Crippen LogP contribution in [-0.4, -0.2) is 29.2 Å². The van der Waals surface area contributed by atoms with Crippen LogP contribution < -0.4 is 15.4 Å². The van der Waals surface area contributed by atoms with Gasteiger partial charge in [0.25, 0.3) is 0 Å². The third kappa shape index (κ3) is 5.86. The van der Waals surface area contributed by atoms with Crippen LogP contribution in [0, 0.1) is 5.92 Å². The van der Waals surface area contributed by atoms with Gasteiger partial charge in [0, 0.05) is 44.6 Å². The highest BCUT2D eigenvalue weighted by atomic mass is 16.5. The van der Waals surface area contributed by atoms with Crippen molar-refractivity contribution in [2.45, 2.75) is 32.5 Å². The largest absolute Gasteiger partial charge is 0.493 e. The first-order valence-corrected chi connectivity index (χ1v) is 10.5. The van der Waals surface area contributed by atoms with Crippen molar-refractivity contribution >= 4 is 5.96 Å². The number of para-hydroxylation sites is 1. The SMILES string of the molecule is CN=C(NCc1cccc(Cn2ccnc2)c1)NCc1ccccc1OCC1CC1. The van der Waals surface area contributed by atoms with Crippen molar-refractivity contribution in [2.75, 3.05) is 13.7 Å². The molecule has 0 amide bonds. The van der Waals surface area contributed by atoms with Gasteiger partial charge in [-0.1, -0.05) is 42.5 Å². The molecule has 0 unspecified atom stereocenters. The lowest BCUT2D eigenvalue weighted by Crippen LogP contribution is -2.36. The number of guanidine groups is 1. The molecule has 2 N–H and O–H groups in total. The molecular formula is C24H29N5O. The van der Waals surface area contributed by atoms with E-state index in [2.05, 4.69) is 55.5 Å². The van der Waals surface area contributed by atoms with Crippen molar-refractivity contribution in [1.82, 2.24) is 20.2 Å². The highest BCUT2D eigenvalue weighted by molar-refractivity contribution is 5.79. The van der Waals surface area contributed by atoms with Gasteiger partial charge in [-0.05, 0) is 36.0 Å². The normalized spacial score (nSPS) is 13.8. The van der Waals surface area contributed by atoms with Crippen molar-refractivity contribution in [3.63, 3.8) is 0 Å². The van der Waals surface area contributed by atoms with Gasteiger partial charge in [0.15, 0.2) is 5.96 Å². The van der Waals surface area contributed by atoms with Crippen LogP contribution in [0.3, 0.4) is 0 Å². The molecule has 156 valence electrons. The van der Waals surface area contributed by atoms with E-state index in [1.807, 2.05) is 30.7 Å². The van der Waals surface area contributed by atoms with E-state index in [9.17, 15) is 0 Å². The maximum absolute atomic E-state index is 6.01. The number of nitrogens with one attached hydrogen (secondary N) is 2. The zero-order valence-corrected chi connectivity index (χ0v) is 17.4. The van der Waals surface area contributed by atoms with Gasteiger partial charge in [-0.3, -0.25) is 4.99 Å². The average Bonchev–Trinajstić information content (AvgIpc) is 3.47. The Morgan fingerprint density at radius 1 is 1.10 bits per heavy atom. The molecule has 6 heteroatoms. The summed E-state index contributed by atoms with van der Waals surface area (Å²) in [6, 6.07) is 16.8. The van der Waals surface area contributed by atoms with Gasteiger partial charge in [0.1, 0.15) is 5.75 Å². The molecule has 0 atom stereocenters. The van der Waals surface area contributed by atoms with Crippen LogP contribution >= 0.6 is 0 Å². The molecule has 3 aromatic rings. The third-order valence-corrected chi connectivity index (χ3v) is 5.19. The quantitative estimate of drug-likeness (QED) is 0.423. The Morgan fingerprint density at radius 3 is 2.73 bits per heavy atom. The van der Waals surface area contributed by atoms with Gasteiger partial charge in [-0.15, -0.1) is 0 Å². The number of nitrogens with zero attached hydrogens (tertiary/aromatic N) is 3. The summed E-state index contributed by atoms with van der Waals surface area (Å²) < 4.78 is 8.07. The summed E-state index contributed by atoms with van der Waals surface area (Å²) in [6.07, 6.45) is 8.20. The summed E-state index contributed by atoms with van der Waals surface area (Å²) in [5.74, 6) is 2.47. The molecule has 0 spiro atoms. The van der Waals surface area contributed by atoms with E-state index in [4.69, 9.17) is 4.74 Å². The molecule has 1 aliphatic carbocycles. The van der Waals surface area contributed by atoms with E-state index in [0.29, 0.717) is 13.1 Å². The van der Waals surface area contributed by atoms with Crippen LogP contribution in [0.4, 0.5) is 0 Å². The minimum absolute atomic E-state index is 0.668. The van der Waals surface area contributed by atoms with Gasteiger partial charge in [0.2, 0.25) is 0 Å². The summed E-state index contributed by atoms with van der Waals surface area (Å²) in [7, 11) is 1.79. The van der Waals surface area contributed by atoms with Crippen molar-refractivity contribution in [3.05, 3.63) is 83.9 Å². The maximum atomic E-state index is 6.01. The Balaban J connectivity index is 1.29. The number of ether oxygens (including phenoxy) is 1. The molecular weight excluding hydrogens is 374 g/mol. The molecule has 0 bridgehead atoms. The van der Waals surface area contributed by atoms with Crippen LogP contribution in [0.25, 0.3) is 0 Å². The topological polar surface area (TPSA) is 63.5 Å². The zero-order chi connectivity index (χ0) is 20.6. The lowest BCUT2D eigenvalue weighted by Gasteiger charge is -2.15. The monoisotopic (exact) mass is 403 g/mol. The predicted molar refractivity (Wildman–Crippen MR) is 119 cm³/mol. The Kier molecular flexibility index (Phi) is 6.65. The average molecular weight is 404 g/mol. The number of benzene rings is 2. The molecule has 1 saturated carbocycles. The first-order valence-electron chi connectivity index (χ1n) is 10.5. The highest BCUT2D eigenvalue weighted by Crippen LogP contribution is 2.30. The van der Waals surface area contributed by atoms with Crippen LogP contribution in [0.2, 0.25) is 0 Å². The second-order valence-corrected chi connectivity index (χ2v) is 7.70. The summed E-state index contributed by atoms with van der Waals surface area (Å²) >= 11 is 0. The molecule has 1 aromatic heterocycles. The van der Waals surface area contributed by atoms with Gasteiger partial charge in [-0.25, -0.2) is 4.98 Å². The van der Waals surface area contributed by atoms with Gasteiger partial charge in [0.05, 0.1) is 12.9 Å². The summed E-state index contributed by atoms with van der Waals surface area (Å²) in [5, 5.41) is 6.80. The fraction of sp³-hybridized carbons (Fsp3) is 0.333. The standard InChI is InChI=1S/C24H29N5O/c1-25-24(28-15-22-7-2-3-8-23(22)30-17-19-9-10-19)27-14-20-5-4-6-21(13-20)16-29-12-11-26-18-29/h2-8,11-13,18-19H,9-10,14-17H2,1H3,(H2,25,27,28). The minimum Gasteiger partial charge on any atom is -0.493 e.